The third-order valence-corrected chi connectivity index (χ3v) is 3.66. The first-order valence-corrected chi connectivity index (χ1v) is 6.74. The number of hydrogen-bond acceptors (Lipinski definition) is 2. The fraction of sp³-hybridized carbons (Fsp3) is 0.667. The molecule has 1 aromatic rings. The molecule has 0 radical (unpaired) electrons. The highest BCUT2D eigenvalue weighted by atomic mass is 15.2. The van der Waals surface area contributed by atoms with E-state index in [0.29, 0.717) is 6.04 Å². The van der Waals surface area contributed by atoms with Crippen LogP contribution in [0, 0.1) is 0 Å². The number of nitrogens with zero attached hydrogens (tertiary/aromatic N) is 2. The number of pyridine rings is 1. The van der Waals surface area contributed by atoms with Crippen molar-refractivity contribution >= 4 is 0 Å². The van der Waals surface area contributed by atoms with Gasteiger partial charge in [0.1, 0.15) is 0 Å². The molecule has 0 aliphatic carbocycles. The zero-order valence-corrected chi connectivity index (χ0v) is 11.3. The third kappa shape index (κ3) is 3.29. The molecule has 1 aliphatic rings. The van der Waals surface area contributed by atoms with Gasteiger partial charge in [0.15, 0.2) is 0 Å². The van der Waals surface area contributed by atoms with Gasteiger partial charge in [-0.2, -0.15) is 0 Å². The molecule has 94 valence electrons. The van der Waals surface area contributed by atoms with Crippen molar-refractivity contribution in [3.8, 4) is 0 Å². The maximum absolute atomic E-state index is 4.46. The summed E-state index contributed by atoms with van der Waals surface area (Å²) in [4.78, 5) is 7.12. The highest BCUT2D eigenvalue weighted by Crippen LogP contribution is 2.27. The van der Waals surface area contributed by atoms with Crippen molar-refractivity contribution < 1.29 is 0 Å². The maximum atomic E-state index is 4.46. The van der Waals surface area contributed by atoms with Gasteiger partial charge < -0.3 is 0 Å². The van der Waals surface area contributed by atoms with Gasteiger partial charge in [0.05, 0.1) is 0 Å². The first-order chi connectivity index (χ1) is 8.07. The Kier molecular flexibility index (Phi) is 3.82. The second kappa shape index (κ2) is 5.18. The maximum Gasteiger partial charge on any atom is 0.0419 e. The molecule has 0 N–H and O–H groups in total. The molecule has 1 atom stereocenters. The SMILES string of the molecule is CC(C)(C)N1CCCCC1Cc1ccccn1. The molecular weight excluding hydrogens is 208 g/mol. The van der Waals surface area contributed by atoms with E-state index < -0.39 is 0 Å². The Bertz CT molecular complexity index is 340. The van der Waals surface area contributed by atoms with Crippen LogP contribution in [0.5, 0.6) is 0 Å². The Morgan fingerprint density at radius 1 is 1.29 bits per heavy atom. The monoisotopic (exact) mass is 232 g/mol. The molecule has 1 fully saturated rings. The number of aromatic nitrogens is 1. The highest BCUT2D eigenvalue weighted by Gasteiger charge is 2.30. The quantitative estimate of drug-likeness (QED) is 0.778. The van der Waals surface area contributed by atoms with Crippen molar-refractivity contribution in [1.82, 2.24) is 9.88 Å². The van der Waals surface area contributed by atoms with E-state index >= 15 is 0 Å². The van der Waals surface area contributed by atoms with Gasteiger partial charge in [0, 0.05) is 29.9 Å². The summed E-state index contributed by atoms with van der Waals surface area (Å²) in [6, 6.07) is 6.90. The van der Waals surface area contributed by atoms with Crippen LogP contribution in [0.3, 0.4) is 0 Å². The van der Waals surface area contributed by atoms with Crippen molar-refractivity contribution in [2.24, 2.45) is 0 Å². The Morgan fingerprint density at radius 3 is 2.76 bits per heavy atom. The fourth-order valence-electron chi connectivity index (χ4n) is 2.86. The average molecular weight is 232 g/mol. The lowest BCUT2D eigenvalue weighted by molar-refractivity contribution is 0.0512. The van der Waals surface area contributed by atoms with Crippen LogP contribution < -0.4 is 0 Å². The minimum absolute atomic E-state index is 0.278. The summed E-state index contributed by atoms with van der Waals surface area (Å²) in [5.41, 5.74) is 1.51. The molecule has 0 spiro atoms. The Balaban J connectivity index is 2.07. The summed E-state index contributed by atoms with van der Waals surface area (Å²) in [5, 5.41) is 0. The van der Waals surface area contributed by atoms with Crippen molar-refractivity contribution in [3.05, 3.63) is 30.1 Å². The van der Waals surface area contributed by atoms with Crippen LogP contribution in [0.4, 0.5) is 0 Å². The summed E-state index contributed by atoms with van der Waals surface area (Å²) in [6.45, 7) is 8.21. The normalized spacial score (nSPS) is 22.6. The zero-order chi connectivity index (χ0) is 12.3. The van der Waals surface area contributed by atoms with Crippen molar-refractivity contribution in [3.63, 3.8) is 0 Å². The second-order valence-corrected chi connectivity index (χ2v) is 6.04. The predicted molar refractivity (Wildman–Crippen MR) is 72.0 cm³/mol. The van der Waals surface area contributed by atoms with Gasteiger partial charge in [0.25, 0.3) is 0 Å². The van der Waals surface area contributed by atoms with E-state index in [-0.39, 0.29) is 5.54 Å². The summed E-state index contributed by atoms with van der Waals surface area (Å²) >= 11 is 0. The minimum atomic E-state index is 0.278. The molecule has 0 aromatic carbocycles. The van der Waals surface area contributed by atoms with Crippen LogP contribution in [0.25, 0.3) is 0 Å². The Hall–Kier alpha value is -0.890. The average Bonchev–Trinajstić information content (AvgIpc) is 2.30. The molecule has 0 bridgehead atoms. The molecule has 1 aliphatic heterocycles. The summed E-state index contributed by atoms with van der Waals surface area (Å²) in [6.07, 6.45) is 7.02. The van der Waals surface area contributed by atoms with Crippen molar-refractivity contribution in [2.45, 2.75) is 58.0 Å². The standard InChI is InChI=1S/C15H24N2/c1-15(2,3)17-11-7-5-9-14(17)12-13-8-4-6-10-16-13/h4,6,8,10,14H,5,7,9,11-12H2,1-3H3. The van der Waals surface area contributed by atoms with Crippen LogP contribution in [0.2, 0.25) is 0 Å². The lowest BCUT2D eigenvalue weighted by Crippen LogP contribution is -2.51. The largest absolute Gasteiger partial charge is 0.295 e. The Labute approximate surface area is 105 Å². The van der Waals surface area contributed by atoms with Gasteiger partial charge in [-0.05, 0) is 52.3 Å². The molecule has 1 unspecified atom stereocenters. The third-order valence-electron chi connectivity index (χ3n) is 3.66. The van der Waals surface area contributed by atoms with Crippen LogP contribution in [0.1, 0.15) is 45.7 Å². The molecule has 0 saturated carbocycles. The predicted octanol–water partition coefficient (Wildman–Crippen LogP) is 3.28. The number of hydrogen-bond donors (Lipinski definition) is 0. The number of likely N-dealkylation sites (tertiary alicyclic amines) is 1. The lowest BCUT2D eigenvalue weighted by Gasteiger charge is -2.44. The smallest absolute Gasteiger partial charge is 0.0419 e. The van der Waals surface area contributed by atoms with Crippen LogP contribution in [0.15, 0.2) is 24.4 Å². The molecule has 17 heavy (non-hydrogen) atoms. The van der Waals surface area contributed by atoms with E-state index in [9.17, 15) is 0 Å². The minimum Gasteiger partial charge on any atom is -0.295 e. The molecule has 2 heteroatoms. The van der Waals surface area contributed by atoms with E-state index in [0.717, 1.165) is 6.42 Å². The molecule has 1 aromatic heterocycles. The van der Waals surface area contributed by atoms with E-state index in [4.69, 9.17) is 0 Å². The van der Waals surface area contributed by atoms with Gasteiger partial charge >= 0.3 is 0 Å². The van der Waals surface area contributed by atoms with Crippen molar-refractivity contribution in [2.75, 3.05) is 6.54 Å². The zero-order valence-electron chi connectivity index (χ0n) is 11.3. The summed E-state index contributed by atoms with van der Waals surface area (Å²) in [5.74, 6) is 0. The van der Waals surface area contributed by atoms with Gasteiger partial charge in [-0.1, -0.05) is 12.5 Å². The van der Waals surface area contributed by atoms with E-state index in [1.807, 2.05) is 12.3 Å². The van der Waals surface area contributed by atoms with Crippen LogP contribution >= 0.6 is 0 Å². The van der Waals surface area contributed by atoms with E-state index in [2.05, 4.69) is 42.8 Å². The first kappa shape index (κ1) is 12.6. The van der Waals surface area contributed by atoms with Crippen molar-refractivity contribution in [1.29, 1.82) is 0 Å². The van der Waals surface area contributed by atoms with Crippen LogP contribution in [-0.4, -0.2) is 28.0 Å². The van der Waals surface area contributed by atoms with Crippen LogP contribution in [-0.2, 0) is 6.42 Å². The molecule has 0 amide bonds. The molecule has 2 nitrogen and oxygen atoms in total. The fourth-order valence-corrected chi connectivity index (χ4v) is 2.86. The van der Waals surface area contributed by atoms with Gasteiger partial charge in [-0.15, -0.1) is 0 Å². The number of rotatable bonds is 2. The molecule has 2 heterocycles. The Morgan fingerprint density at radius 2 is 2.12 bits per heavy atom. The topological polar surface area (TPSA) is 16.1 Å². The van der Waals surface area contributed by atoms with E-state index in [1.54, 1.807) is 0 Å². The lowest BCUT2D eigenvalue weighted by atomic mass is 9.92. The second-order valence-electron chi connectivity index (χ2n) is 6.04. The first-order valence-electron chi connectivity index (χ1n) is 6.74. The van der Waals surface area contributed by atoms with Gasteiger partial charge in [0.2, 0.25) is 0 Å². The van der Waals surface area contributed by atoms with E-state index in [1.165, 1.54) is 31.5 Å². The summed E-state index contributed by atoms with van der Waals surface area (Å²) < 4.78 is 0. The van der Waals surface area contributed by atoms with Gasteiger partial charge in [-0.25, -0.2) is 0 Å². The molecule has 2 rings (SSSR count). The molecule has 1 saturated heterocycles. The number of piperidine rings is 1. The summed E-state index contributed by atoms with van der Waals surface area (Å²) in [7, 11) is 0. The van der Waals surface area contributed by atoms with Gasteiger partial charge in [-0.3, -0.25) is 9.88 Å². The molecular formula is C15H24N2. The highest BCUT2D eigenvalue weighted by molar-refractivity contribution is 5.06.